The molecular weight excluding hydrogens is 268 g/mol. The van der Waals surface area contributed by atoms with Crippen LogP contribution in [0, 0.1) is 5.41 Å². The van der Waals surface area contributed by atoms with E-state index < -0.39 is 11.4 Å². The SMILES string of the molecule is CCN(C(=O)CN1CCC(CC)(C(=O)O)C1)C1=CCCC1. The summed E-state index contributed by atoms with van der Waals surface area (Å²) in [5.74, 6) is -0.631. The van der Waals surface area contributed by atoms with Crippen LogP contribution in [0.15, 0.2) is 11.8 Å². The van der Waals surface area contributed by atoms with Crippen LogP contribution in [0.4, 0.5) is 0 Å². The molecule has 0 aromatic rings. The van der Waals surface area contributed by atoms with E-state index in [2.05, 4.69) is 6.08 Å². The number of likely N-dealkylation sites (tertiary alicyclic amines) is 1. The van der Waals surface area contributed by atoms with E-state index >= 15 is 0 Å². The molecule has 1 fully saturated rings. The first-order valence-corrected chi connectivity index (χ1v) is 7.97. The predicted molar refractivity (Wildman–Crippen MR) is 80.7 cm³/mol. The van der Waals surface area contributed by atoms with E-state index in [1.807, 2.05) is 23.6 Å². The number of amides is 1. The Morgan fingerprint density at radius 3 is 2.67 bits per heavy atom. The maximum Gasteiger partial charge on any atom is 0.310 e. The predicted octanol–water partition coefficient (Wildman–Crippen LogP) is 2.09. The molecule has 1 heterocycles. The van der Waals surface area contributed by atoms with Crippen molar-refractivity contribution in [3.05, 3.63) is 11.8 Å². The van der Waals surface area contributed by atoms with Gasteiger partial charge < -0.3 is 10.0 Å². The fraction of sp³-hybridized carbons (Fsp3) is 0.750. The highest BCUT2D eigenvalue weighted by Crippen LogP contribution is 2.34. The Morgan fingerprint density at radius 2 is 2.19 bits per heavy atom. The Kier molecular flexibility index (Phi) is 5.04. The van der Waals surface area contributed by atoms with Gasteiger partial charge in [0.15, 0.2) is 0 Å². The zero-order valence-electron chi connectivity index (χ0n) is 13.1. The van der Waals surface area contributed by atoms with Crippen molar-refractivity contribution in [2.75, 3.05) is 26.2 Å². The lowest BCUT2D eigenvalue weighted by atomic mass is 9.84. The van der Waals surface area contributed by atoms with Crippen LogP contribution < -0.4 is 0 Å². The minimum Gasteiger partial charge on any atom is -0.481 e. The lowest BCUT2D eigenvalue weighted by Gasteiger charge is -2.26. The molecule has 2 rings (SSSR count). The van der Waals surface area contributed by atoms with Crippen molar-refractivity contribution >= 4 is 11.9 Å². The van der Waals surface area contributed by atoms with Crippen LogP contribution in [0.25, 0.3) is 0 Å². The Labute approximate surface area is 126 Å². The third kappa shape index (κ3) is 3.28. The number of carbonyl (C=O) groups is 2. The molecule has 1 atom stereocenters. The van der Waals surface area contributed by atoms with Gasteiger partial charge in [-0.1, -0.05) is 13.0 Å². The molecule has 0 spiro atoms. The average molecular weight is 294 g/mol. The Morgan fingerprint density at radius 1 is 1.43 bits per heavy atom. The summed E-state index contributed by atoms with van der Waals surface area (Å²) in [5.41, 5.74) is 0.478. The first-order chi connectivity index (χ1) is 10.0. The van der Waals surface area contributed by atoms with Gasteiger partial charge in [0, 0.05) is 18.8 Å². The van der Waals surface area contributed by atoms with Crippen LogP contribution in [0.3, 0.4) is 0 Å². The molecule has 5 nitrogen and oxygen atoms in total. The van der Waals surface area contributed by atoms with Crippen LogP contribution >= 0.6 is 0 Å². The molecule has 21 heavy (non-hydrogen) atoms. The van der Waals surface area contributed by atoms with Crippen molar-refractivity contribution in [1.29, 1.82) is 0 Å². The van der Waals surface area contributed by atoms with Crippen molar-refractivity contribution in [3.8, 4) is 0 Å². The summed E-state index contributed by atoms with van der Waals surface area (Å²) in [5, 5.41) is 9.41. The molecule has 0 aromatic heterocycles. The molecule has 0 radical (unpaired) electrons. The molecule has 5 heteroatoms. The zero-order chi connectivity index (χ0) is 15.5. The van der Waals surface area contributed by atoms with Gasteiger partial charge >= 0.3 is 5.97 Å². The molecule has 1 aliphatic heterocycles. The van der Waals surface area contributed by atoms with Gasteiger partial charge in [-0.15, -0.1) is 0 Å². The van der Waals surface area contributed by atoms with Crippen LogP contribution in [0.2, 0.25) is 0 Å². The van der Waals surface area contributed by atoms with E-state index in [9.17, 15) is 14.7 Å². The van der Waals surface area contributed by atoms with E-state index in [1.54, 1.807) is 0 Å². The highest BCUT2D eigenvalue weighted by atomic mass is 16.4. The highest BCUT2D eigenvalue weighted by Gasteiger charge is 2.43. The van der Waals surface area contributed by atoms with Crippen LogP contribution in [-0.2, 0) is 9.59 Å². The number of hydrogen-bond acceptors (Lipinski definition) is 3. The van der Waals surface area contributed by atoms with Crippen molar-refractivity contribution in [3.63, 3.8) is 0 Å². The Bertz CT molecular complexity index is 447. The van der Waals surface area contributed by atoms with Gasteiger partial charge in [0.1, 0.15) is 0 Å². The van der Waals surface area contributed by atoms with Gasteiger partial charge in [-0.25, -0.2) is 0 Å². The molecule has 1 amide bonds. The topological polar surface area (TPSA) is 60.9 Å². The van der Waals surface area contributed by atoms with Crippen LogP contribution in [0.1, 0.15) is 46.0 Å². The minimum absolute atomic E-state index is 0.0999. The van der Waals surface area contributed by atoms with E-state index in [1.165, 1.54) is 0 Å². The highest BCUT2D eigenvalue weighted by molar-refractivity contribution is 5.80. The molecule has 0 bridgehead atoms. The fourth-order valence-corrected chi connectivity index (χ4v) is 3.42. The largest absolute Gasteiger partial charge is 0.481 e. The van der Waals surface area contributed by atoms with Gasteiger partial charge in [0.05, 0.1) is 12.0 Å². The second-order valence-electron chi connectivity index (χ2n) is 6.13. The number of carbonyl (C=O) groups excluding carboxylic acids is 1. The summed E-state index contributed by atoms with van der Waals surface area (Å²) in [4.78, 5) is 27.8. The minimum atomic E-state index is -0.731. The maximum absolute atomic E-state index is 12.5. The Balaban J connectivity index is 1.96. The molecule has 1 aliphatic carbocycles. The summed E-state index contributed by atoms with van der Waals surface area (Å²) >= 11 is 0. The van der Waals surface area contributed by atoms with E-state index in [4.69, 9.17) is 0 Å². The standard InChI is InChI=1S/C16H26N2O3/c1-3-16(15(20)21)9-10-17(12-16)11-14(19)18(4-2)13-7-5-6-8-13/h7H,3-6,8-12H2,1-2H3,(H,20,21). The van der Waals surface area contributed by atoms with Gasteiger partial charge in [0.2, 0.25) is 5.91 Å². The first kappa shape index (κ1) is 16.0. The molecule has 118 valence electrons. The number of nitrogens with zero attached hydrogens (tertiary/aromatic N) is 2. The molecule has 1 saturated heterocycles. The summed E-state index contributed by atoms with van der Waals surface area (Å²) < 4.78 is 0. The lowest BCUT2D eigenvalue weighted by Crippen LogP contribution is -2.40. The number of allylic oxidation sites excluding steroid dienone is 2. The second-order valence-corrected chi connectivity index (χ2v) is 6.13. The van der Waals surface area contributed by atoms with Gasteiger partial charge in [0.25, 0.3) is 0 Å². The number of aliphatic carboxylic acids is 1. The molecule has 1 N–H and O–H groups in total. The zero-order valence-corrected chi connectivity index (χ0v) is 13.1. The monoisotopic (exact) mass is 294 g/mol. The maximum atomic E-state index is 12.5. The Hall–Kier alpha value is -1.36. The van der Waals surface area contributed by atoms with Gasteiger partial charge in [-0.3, -0.25) is 14.5 Å². The molecule has 0 saturated carbocycles. The lowest BCUT2D eigenvalue weighted by molar-refractivity contribution is -0.148. The average Bonchev–Trinajstić information content (AvgIpc) is 3.10. The number of carboxylic acid groups (broad SMARTS) is 1. The van der Waals surface area contributed by atoms with E-state index in [-0.39, 0.29) is 5.91 Å². The van der Waals surface area contributed by atoms with Crippen LogP contribution in [0.5, 0.6) is 0 Å². The number of rotatable bonds is 6. The van der Waals surface area contributed by atoms with Gasteiger partial charge in [-0.2, -0.15) is 0 Å². The van der Waals surface area contributed by atoms with Crippen molar-refractivity contribution < 1.29 is 14.7 Å². The summed E-state index contributed by atoms with van der Waals surface area (Å²) in [7, 11) is 0. The summed E-state index contributed by atoms with van der Waals surface area (Å²) in [6, 6.07) is 0. The third-order valence-electron chi connectivity index (χ3n) is 4.90. The quantitative estimate of drug-likeness (QED) is 0.815. The van der Waals surface area contributed by atoms with Crippen molar-refractivity contribution in [2.45, 2.75) is 46.0 Å². The van der Waals surface area contributed by atoms with E-state index in [0.717, 1.165) is 25.0 Å². The van der Waals surface area contributed by atoms with Crippen molar-refractivity contribution in [1.82, 2.24) is 9.80 Å². The number of carboxylic acids is 1. The van der Waals surface area contributed by atoms with Crippen molar-refractivity contribution in [2.24, 2.45) is 5.41 Å². The molecule has 2 aliphatic rings. The molecule has 1 unspecified atom stereocenters. The smallest absolute Gasteiger partial charge is 0.310 e. The molecule has 0 aromatic carbocycles. The number of hydrogen-bond donors (Lipinski definition) is 1. The third-order valence-corrected chi connectivity index (χ3v) is 4.90. The first-order valence-electron chi connectivity index (χ1n) is 7.97. The number of likely N-dealkylation sites (N-methyl/N-ethyl adjacent to an activating group) is 1. The second kappa shape index (κ2) is 6.60. The van der Waals surface area contributed by atoms with Gasteiger partial charge in [-0.05, 0) is 45.6 Å². The van der Waals surface area contributed by atoms with Crippen LogP contribution in [-0.4, -0.2) is 53.0 Å². The molecular formula is C16H26N2O3. The normalized spacial score (nSPS) is 25.9. The summed E-state index contributed by atoms with van der Waals surface area (Å²) in [6.45, 7) is 6.12. The summed E-state index contributed by atoms with van der Waals surface area (Å²) in [6.07, 6.45) is 6.57. The fourth-order valence-electron chi connectivity index (χ4n) is 3.42. The van der Waals surface area contributed by atoms with E-state index in [0.29, 0.717) is 39.0 Å².